The standard InChI is InChI=1S/C24H26FN3O3/c1-14(2)31-12-6-11-28-23(16-7-4-5-8-18(16)25)20-21(26-27-22(20)24(28)30)17-13-15(3)9-10-19(17)29/h4-5,7-10,13-14,23,29H,6,11-12H2,1-3H3,(H,26,27)/t23-/m1/s1. The van der Waals surface area contributed by atoms with E-state index < -0.39 is 11.9 Å². The minimum Gasteiger partial charge on any atom is -0.507 e. The Morgan fingerprint density at radius 3 is 2.77 bits per heavy atom. The van der Waals surface area contributed by atoms with Crippen molar-refractivity contribution in [1.29, 1.82) is 0 Å². The van der Waals surface area contributed by atoms with Crippen LogP contribution in [0.2, 0.25) is 0 Å². The van der Waals surface area contributed by atoms with E-state index in [0.29, 0.717) is 47.7 Å². The van der Waals surface area contributed by atoms with Crippen LogP contribution in [0.5, 0.6) is 5.75 Å². The van der Waals surface area contributed by atoms with E-state index in [0.717, 1.165) is 5.56 Å². The molecule has 3 aromatic rings. The number of hydrogen-bond acceptors (Lipinski definition) is 4. The van der Waals surface area contributed by atoms with Gasteiger partial charge in [-0.1, -0.05) is 29.8 Å². The van der Waals surface area contributed by atoms with Crippen molar-refractivity contribution >= 4 is 5.91 Å². The largest absolute Gasteiger partial charge is 0.507 e. The highest BCUT2D eigenvalue weighted by molar-refractivity contribution is 6.00. The Morgan fingerprint density at radius 1 is 1.26 bits per heavy atom. The quantitative estimate of drug-likeness (QED) is 0.545. The predicted octanol–water partition coefficient (Wildman–Crippen LogP) is 4.59. The molecule has 0 bridgehead atoms. The Bertz CT molecular complexity index is 1110. The Morgan fingerprint density at radius 2 is 2.03 bits per heavy atom. The average molecular weight is 423 g/mol. The van der Waals surface area contributed by atoms with Gasteiger partial charge in [-0.05, 0) is 45.4 Å². The number of rotatable bonds is 7. The number of nitrogens with one attached hydrogen (secondary N) is 1. The van der Waals surface area contributed by atoms with Gasteiger partial charge in [-0.3, -0.25) is 9.89 Å². The van der Waals surface area contributed by atoms with Crippen LogP contribution in [0.25, 0.3) is 11.3 Å². The lowest BCUT2D eigenvalue weighted by atomic mass is 9.94. The number of carbonyl (C=O) groups is 1. The van der Waals surface area contributed by atoms with Gasteiger partial charge >= 0.3 is 0 Å². The van der Waals surface area contributed by atoms with Crippen molar-refractivity contribution in [2.24, 2.45) is 0 Å². The number of aromatic amines is 1. The maximum Gasteiger partial charge on any atom is 0.273 e. The van der Waals surface area contributed by atoms with Crippen molar-refractivity contribution in [1.82, 2.24) is 15.1 Å². The molecule has 2 N–H and O–H groups in total. The SMILES string of the molecule is Cc1ccc(O)c(-c2n[nH]c3c2[C@@H](c2ccccc2F)N(CCCOC(C)C)C3=O)c1. The van der Waals surface area contributed by atoms with E-state index in [1.165, 1.54) is 6.07 Å². The van der Waals surface area contributed by atoms with Crippen LogP contribution >= 0.6 is 0 Å². The van der Waals surface area contributed by atoms with E-state index in [4.69, 9.17) is 4.74 Å². The number of fused-ring (bicyclic) bond motifs is 1. The molecule has 7 heteroatoms. The summed E-state index contributed by atoms with van der Waals surface area (Å²) >= 11 is 0. The zero-order valence-electron chi connectivity index (χ0n) is 17.9. The predicted molar refractivity (Wildman–Crippen MR) is 115 cm³/mol. The summed E-state index contributed by atoms with van der Waals surface area (Å²) < 4.78 is 20.5. The normalized spacial score (nSPS) is 15.7. The first-order valence-electron chi connectivity index (χ1n) is 10.4. The Kier molecular flexibility index (Phi) is 5.78. The van der Waals surface area contributed by atoms with Crippen molar-refractivity contribution in [3.63, 3.8) is 0 Å². The molecule has 0 fully saturated rings. The van der Waals surface area contributed by atoms with Gasteiger partial charge < -0.3 is 14.7 Å². The number of ether oxygens (including phenoxy) is 1. The fourth-order valence-electron chi connectivity index (χ4n) is 4.05. The molecule has 6 nitrogen and oxygen atoms in total. The lowest BCUT2D eigenvalue weighted by Crippen LogP contribution is -2.31. The van der Waals surface area contributed by atoms with Crippen molar-refractivity contribution in [3.05, 3.63) is 70.7 Å². The van der Waals surface area contributed by atoms with Crippen LogP contribution in [-0.2, 0) is 4.74 Å². The number of amides is 1. The van der Waals surface area contributed by atoms with Gasteiger partial charge in [0.2, 0.25) is 0 Å². The van der Waals surface area contributed by atoms with Gasteiger partial charge in [0.1, 0.15) is 23.0 Å². The summed E-state index contributed by atoms with van der Waals surface area (Å²) in [5, 5.41) is 17.6. The van der Waals surface area contributed by atoms with E-state index in [1.807, 2.05) is 26.8 Å². The first-order valence-corrected chi connectivity index (χ1v) is 10.4. The van der Waals surface area contributed by atoms with Gasteiger partial charge in [-0.15, -0.1) is 0 Å². The van der Waals surface area contributed by atoms with Gasteiger partial charge in [0.05, 0.1) is 12.1 Å². The third-order valence-corrected chi connectivity index (χ3v) is 5.47. The van der Waals surface area contributed by atoms with E-state index in [-0.39, 0.29) is 17.8 Å². The molecule has 1 aromatic heterocycles. The summed E-state index contributed by atoms with van der Waals surface area (Å²) in [6.45, 7) is 6.74. The smallest absolute Gasteiger partial charge is 0.273 e. The molecule has 0 radical (unpaired) electrons. The van der Waals surface area contributed by atoms with Crippen molar-refractivity contribution < 1.29 is 19.0 Å². The third-order valence-electron chi connectivity index (χ3n) is 5.47. The number of aromatic nitrogens is 2. The average Bonchev–Trinajstić information content (AvgIpc) is 3.27. The van der Waals surface area contributed by atoms with Gasteiger partial charge in [-0.25, -0.2) is 4.39 Å². The molecule has 1 atom stereocenters. The molecule has 4 rings (SSSR count). The minimum atomic E-state index is -0.642. The third kappa shape index (κ3) is 3.93. The molecule has 0 aliphatic carbocycles. The molecule has 2 aromatic carbocycles. The first-order chi connectivity index (χ1) is 14.9. The molecule has 0 saturated heterocycles. The zero-order valence-corrected chi connectivity index (χ0v) is 17.9. The van der Waals surface area contributed by atoms with Crippen molar-refractivity contribution in [3.8, 4) is 17.0 Å². The second kappa shape index (κ2) is 8.51. The van der Waals surface area contributed by atoms with E-state index >= 15 is 0 Å². The van der Waals surface area contributed by atoms with Crippen LogP contribution < -0.4 is 0 Å². The van der Waals surface area contributed by atoms with Crippen molar-refractivity contribution in [2.45, 2.75) is 39.3 Å². The van der Waals surface area contributed by atoms with Gasteiger partial charge in [-0.2, -0.15) is 5.10 Å². The van der Waals surface area contributed by atoms with Crippen LogP contribution in [0.15, 0.2) is 42.5 Å². The highest BCUT2D eigenvalue weighted by Crippen LogP contribution is 2.45. The number of aryl methyl sites for hydroxylation is 1. The number of carbonyl (C=O) groups excluding carboxylic acids is 1. The number of H-pyrrole nitrogens is 1. The summed E-state index contributed by atoms with van der Waals surface area (Å²) in [7, 11) is 0. The second-order valence-corrected chi connectivity index (χ2v) is 8.08. The zero-order chi connectivity index (χ0) is 22.1. The first kappa shape index (κ1) is 21.1. The molecule has 0 unspecified atom stereocenters. The molecule has 0 spiro atoms. The molecule has 1 aliphatic heterocycles. The lowest BCUT2D eigenvalue weighted by molar-refractivity contribution is 0.0599. The van der Waals surface area contributed by atoms with Crippen LogP contribution in [-0.4, -0.2) is 45.4 Å². The maximum atomic E-state index is 14.9. The summed E-state index contributed by atoms with van der Waals surface area (Å²) in [4.78, 5) is 14.9. The Labute approximate surface area is 180 Å². The fourth-order valence-corrected chi connectivity index (χ4v) is 4.05. The molecular weight excluding hydrogens is 397 g/mol. The highest BCUT2D eigenvalue weighted by atomic mass is 19.1. The van der Waals surface area contributed by atoms with Crippen LogP contribution in [0.4, 0.5) is 4.39 Å². The van der Waals surface area contributed by atoms with Crippen molar-refractivity contribution in [2.75, 3.05) is 13.2 Å². The van der Waals surface area contributed by atoms with Crippen LogP contribution in [0.1, 0.15) is 53.5 Å². The number of phenolic OH excluding ortho intramolecular Hbond substituents is 1. The molecule has 1 amide bonds. The van der Waals surface area contributed by atoms with E-state index in [9.17, 15) is 14.3 Å². The molecular formula is C24H26FN3O3. The maximum absolute atomic E-state index is 14.9. The van der Waals surface area contributed by atoms with Crippen LogP contribution in [0.3, 0.4) is 0 Å². The van der Waals surface area contributed by atoms with Gasteiger partial charge in [0.25, 0.3) is 5.91 Å². The number of halogens is 1. The van der Waals surface area contributed by atoms with Gasteiger partial charge in [0, 0.05) is 29.8 Å². The Hall–Kier alpha value is -3.19. The molecule has 0 saturated carbocycles. The summed E-state index contributed by atoms with van der Waals surface area (Å²) in [5.74, 6) is -0.570. The van der Waals surface area contributed by atoms with Gasteiger partial charge in [0.15, 0.2) is 0 Å². The molecule has 1 aliphatic rings. The molecule has 31 heavy (non-hydrogen) atoms. The topological polar surface area (TPSA) is 78.5 Å². The summed E-state index contributed by atoms with van der Waals surface area (Å²) in [6, 6.07) is 11.0. The number of hydrogen-bond donors (Lipinski definition) is 2. The minimum absolute atomic E-state index is 0.0587. The number of nitrogens with zero attached hydrogens (tertiary/aromatic N) is 2. The molecule has 162 valence electrons. The monoisotopic (exact) mass is 423 g/mol. The van der Waals surface area contributed by atoms with Crippen LogP contribution in [0, 0.1) is 12.7 Å². The number of benzene rings is 2. The second-order valence-electron chi connectivity index (χ2n) is 8.08. The molecule has 2 heterocycles. The number of phenols is 1. The summed E-state index contributed by atoms with van der Waals surface area (Å²) in [6.07, 6.45) is 0.724. The fraction of sp³-hybridized carbons (Fsp3) is 0.333. The van der Waals surface area contributed by atoms with E-state index in [2.05, 4.69) is 10.2 Å². The number of aromatic hydroxyl groups is 1. The lowest BCUT2D eigenvalue weighted by Gasteiger charge is -2.27. The van der Waals surface area contributed by atoms with E-state index in [1.54, 1.807) is 35.2 Å². The Balaban J connectivity index is 1.79. The summed E-state index contributed by atoms with van der Waals surface area (Å²) in [5.41, 5.74) is 3.22. The highest BCUT2D eigenvalue weighted by Gasteiger charge is 2.43.